The standard InChI is InChI=1S/C12H22O11/c13-1-4(16)7(18)11(5(17)2-14)23-12-10(21)9(20)8(19)6(3-15)22-12/h1,4-12,14-21H,2-3H2/t4?,5?,6?,7?,8-,9?,10?,11+,12-/m0/s1. The topological polar surface area (TPSA) is 197 Å². The molecule has 11 heteroatoms. The number of hydrogen-bond donors (Lipinski definition) is 8. The number of aliphatic hydroxyl groups is 8. The van der Waals surface area contributed by atoms with Crippen LogP contribution in [0.2, 0.25) is 0 Å². The van der Waals surface area contributed by atoms with Gasteiger partial charge in [0.25, 0.3) is 0 Å². The van der Waals surface area contributed by atoms with Crippen LogP contribution in [0, 0.1) is 0 Å². The number of aldehydes is 1. The highest BCUT2D eigenvalue weighted by Gasteiger charge is 2.46. The average Bonchev–Trinajstić information content (AvgIpc) is 2.57. The molecule has 9 atom stereocenters. The summed E-state index contributed by atoms with van der Waals surface area (Å²) in [6, 6.07) is 0. The van der Waals surface area contributed by atoms with Crippen molar-refractivity contribution in [3.8, 4) is 0 Å². The molecule has 23 heavy (non-hydrogen) atoms. The number of carbonyl (C=O) groups is 1. The molecule has 1 rings (SSSR count). The van der Waals surface area contributed by atoms with Crippen molar-refractivity contribution in [1.82, 2.24) is 0 Å². The van der Waals surface area contributed by atoms with Crippen LogP contribution in [-0.2, 0) is 14.3 Å². The lowest BCUT2D eigenvalue weighted by Gasteiger charge is -2.42. The first-order chi connectivity index (χ1) is 10.8. The maximum Gasteiger partial charge on any atom is 0.187 e. The van der Waals surface area contributed by atoms with E-state index in [4.69, 9.17) is 19.7 Å². The zero-order valence-electron chi connectivity index (χ0n) is 12.0. The lowest BCUT2D eigenvalue weighted by Crippen LogP contribution is -2.61. The number of ether oxygens (including phenoxy) is 2. The maximum absolute atomic E-state index is 10.5. The zero-order valence-corrected chi connectivity index (χ0v) is 12.0. The Morgan fingerprint density at radius 2 is 1.65 bits per heavy atom. The molecule has 8 N–H and O–H groups in total. The lowest BCUT2D eigenvalue weighted by molar-refractivity contribution is -0.326. The summed E-state index contributed by atoms with van der Waals surface area (Å²) in [5, 5.41) is 75.7. The monoisotopic (exact) mass is 342 g/mol. The molecule has 0 amide bonds. The third kappa shape index (κ3) is 4.64. The Balaban J connectivity index is 2.91. The number of rotatable bonds is 8. The first-order valence-corrected chi connectivity index (χ1v) is 6.84. The van der Waals surface area contributed by atoms with Crippen molar-refractivity contribution in [2.45, 2.75) is 55.1 Å². The molecule has 0 radical (unpaired) electrons. The number of aliphatic hydroxyl groups excluding tert-OH is 8. The molecular weight excluding hydrogens is 320 g/mol. The van der Waals surface area contributed by atoms with E-state index < -0.39 is 68.3 Å². The third-order valence-corrected chi connectivity index (χ3v) is 3.53. The Kier molecular flexibility index (Phi) is 7.89. The summed E-state index contributed by atoms with van der Waals surface area (Å²) in [6.07, 6.45) is -15.7. The van der Waals surface area contributed by atoms with Gasteiger partial charge in [-0.3, -0.25) is 0 Å². The van der Waals surface area contributed by atoms with Crippen LogP contribution in [-0.4, -0.2) is 115 Å². The van der Waals surface area contributed by atoms with Gasteiger partial charge in [-0.1, -0.05) is 0 Å². The smallest absolute Gasteiger partial charge is 0.187 e. The van der Waals surface area contributed by atoms with Crippen LogP contribution in [0.3, 0.4) is 0 Å². The summed E-state index contributed by atoms with van der Waals surface area (Å²) in [5.74, 6) is 0. The Hall–Kier alpha value is -0.730. The van der Waals surface area contributed by atoms with Crippen molar-refractivity contribution in [1.29, 1.82) is 0 Å². The Morgan fingerprint density at radius 3 is 2.13 bits per heavy atom. The van der Waals surface area contributed by atoms with Crippen molar-refractivity contribution in [2.24, 2.45) is 0 Å². The van der Waals surface area contributed by atoms with Crippen molar-refractivity contribution < 1.29 is 55.1 Å². The molecule has 0 bridgehead atoms. The van der Waals surface area contributed by atoms with E-state index in [1.165, 1.54) is 0 Å². The van der Waals surface area contributed by atoms with Gasteiger partial charge in [-0.15, -0.1) is 0 Å². The molecule has 1 aliphatic heterocycles. The van der Waals surface area contributed by atoms with E-state index in [0.717, 1.165) is 0 Å². The van der Waals surface area contributed by atoms with E-state index in [9.17, 15) is 35.4 Å². The SMILES string of the molecule is O=CC(O)C(O)[C@H](O[C@@H]1OC(CO)[C@H](O)C(O)C1O)C(O)CO. The van der Waals surface area contributed by atoms with Crippen LogP contribution < -0.4 is 0 Å². The van der Waals surface area contributed by atoms with Gasteiger partial charge in [-0.2, -0.15) is 0 Å². The summed E-state index contributed by atoms with van der Waals surface area (Å²) >= 11 is 0. The molecular formula is C12H22O11. The Bertz CT molecular complexity index is 365. The van der Waals surface area contributed by atoms with Gasteiger partial charge in [0, 0.05) is 0 Å². The van der Waals surface area contributed by atoms with Crippen LogP contribution in [0.15, 0.2) is 0 Å². The molecule has 6 unspecified atom stereocenters. The van der Waals surface area contributed by atoms with Gasteiger partial charge in [0.2, 0.25) is 0 Å². The molecule has 1 aliphatic rings. The highest BCUT2D eigenvalue weighted by Crippen LogP contribution is 2.24. The van der Waals surface area contributed by atoms with Crippen LogP contribution in [0.25, 0.3) is 0 Å². The minimum atomic E-state index is -1.97. The summed E-state index contributed by atoms with van der Waals surface area (Å²) < 4.78 is 10.1. The van der Waals surface area contributed by atoms with Crippen LogP contribution >= 0.6 is 0 Å². The van der Waals surface area contributed by atoms with E-state index in [1.807, 2.05) is 0 Å². The fraction of sp³-hybridized carbons (Fsp3) is 0.917. The van der Waals surface area contributed by atoms with Gasteiger partial charge >= 0.3 is 0 Å². The molecule has 0 aromatic carbocycles. The molecule has 1 saturated heterocycles. The second-order valence-electron chi connectivity index (χ2n) is 5.17. The highest BCUT2D eigenvalue weighted by atomic mass is 16.7. The van der Waals surface area contributed by atoms with Crippen molar-refractivity contribution in [2.75, 3.05) is 13.2 Å². The fourth-order valence-electron chi connectivity index (χ4n) is 2.11. The van der Waals surface area contributed by atoms with Gasteiger partial charge in [-0.25, -0.2) is 0 Å². The maximum atomic E-state index is 10.5. The van der Waals surface area contributed by atoms with E-state index in [2.05, 4.69) is 0 Å². The molecule has 136 valence electrons. The summed E-state index contributed by atoms with van der Waals surface area (Å²) in [7, 11) is 0. The molecule has 0 aromatic heterocycles. The minimum Gasteiger partial charge on any atom is -0.394 e. The predicted octanol–water partition coefficient (Wildman–Crippen LogP) is -5.55. The van der Waals surface area contributed by atoms with Crippen molar-refractivity contribution in [3.63, 3.8) is 0 Å². The molecule has 0 saturated carbocycles. The molecule has 0 aliphatic carbocycles. The first kappa shape index (κ1) is 20.3. The highest BCUT2D eigenvalue weighted by molar-refractivity contribution is 5.56. The van der Waals surface area contributed by atoms with Gasteiger partial charge in [0.1, 0.15) is 48.8 Å². The normalized spacial score (nSPS) is 37.0. The quantitative estimate of drug-likeness (QED) is 0.196. The second-order valence-corrected chi connectivity index (χ2v) is 5.17. The summed E-state index contributed by atoms with van der Waals surface area (Å²) in [4.78, 5) is 10.5. The molecule has 0 spiro atoms. The second kappa shape index (κ2) is 8.94. The van der Waals surface area contributed by atoms with Gasteiger partial charge in [-0.05, 0) is 0 Å². The van der Waals surface area contributed by atoms with Gasteiger partial charge < -0.3 is 55.1 Å². The van der Waals surface area contributed by atoms with E-state index in [1.54, 1.807) is 0 Å². The first-order valence-electron chi connectivity index (χ1n) is 6.84. The molecule has 0 aromatic rings. The van der Waals surface area contributed by atoms with Crippen LogP contribution in [0.1, 0.15) is 0 Å². The van der Waals surface area contributed by atoms with E-state index >= 15 is 0 Å². The summed E-state index contributed by atoms with van der Waals surface area (Å²) in [6.45, 7) is -1.64. The van der Waals surface area contributed by atoms with Crippen LogP contribution in [0.4, 0.5) is 0 Å². The number of hydrogen-bond acceptors (Lipinski definition) is 11. The number of carbonyl (C=O) groups excluding carboxylic acids is 1. The Morgan fingerprint density at radius 1 is 1.04 bits per heavy atom. The predicted molar refractivity (Wildman–Crippen MR) is 69.8 cm³/mol. The van der Waals surface area contributed by atoms with Crippen LogP contribution in [0.5, 0.6) is 0 Å². The average molecular weight is 342 g/mol. The van der Waals surface area contributed by atoms with Gasteiger partial charge in [0.15, 0.2) is 12.6 Å². The minimum absolute atomic E-state index is 0.0294. The van der Waals surface area contributed by atoms with Gasteiger partial charge in [0.05, 0.1) is 13.2 Å². The molecule has 1 fully saturated rings. The molecule has 1 heterocycles. The zero-order chi connectivity index (χ0) is 17.7. The Labute approximate surface area is 130 Å². The third-order valence-electron chi connectivity index (χ3n) is 3.53. The van der Waals surface area contributed by atoms with Crippen molar-refractivity contribution >= 4 is 6.29 Å². The lowest BCUT2D eigenvalue weighted by atomic mass is 9.98. The largest absolute Gasteiger partial charge is 0.394 e. The van der Waals surface area contributed by atoms with E-state index in [0.29, 0.717) is 0 Å². The summed E-state index contributed by atoms with van der Waals surface area (Å²) in [5.41, 5.74) is 0. The van der Waals surface area contributed by atoms with E-state index in [-0.39, 0.29) is 6.29 Å². The fourth-order valence-corrected chi connectivity index (χ4v) is 2.11. The molecule has 11 nitrogen and oxygen atoms in total. The van der Waals surface area contributed by atoms with Crippen molar-refractivity contribution in [3.05, 3.63) is 0 Å².